The number of carbonyl (C=O) groups is 2. The first-order chi connectivity index (χ1) is 12.7. The molecule has 4 aromatic rings. The van der Waals surface area contributed by atoms with E-state index in [0.717, 1.165) is 21.8 Å². The van der Waals surface area contributed by atoms with Gasteiger partial charge in [-0.05, 0) is 36.4 Å². The van der Waals surface area contributed by atoms with Gasteiger partial charge in [0.1, 0.15) is 5.69 Å². The third-order valence-corrected chi connectivity index (χ3v) is 4.17. The van der Waals surface area contributed by atoms with Crippen LogP contribution in [-0.4, -0.2) is 29.0 Å². The molecule has 0 spiro atoms. The Hall–Kier alpha value is -3.67. The Labute approximate surface area is 148 Å². The molecule has 2 N–H and O–H groups in total. The van der Waals surface area contributed by atoms with Gasteiger partial charge in [0.05, 0.1) is 23.7 Å². The van der Waals surface area contributed by atoms with E-state index in [9.17, 15) is 9.59 Å². The van der Waals surface area contributed by atoms with Crippen LogP contribution in [-0.2, 0) is 4.74 Å². The summed E-state index contributed by atoms with van der Waals surface area (Å²) in [4.78, 5) is 31.5. The van der Waals surface area contributed by atoms with Gasteiger partial charge in [-0.1, -0.05) is 18.2 Å². The average Bonchev–Trinajstić information content (AvgIpc) is 3.13. The number of anilines is 1. The first kappa shape index (κ1) is 15.8. The zero-order valence-corrected chi connectivity index (χ0v) is 13.9. The van der Waals surface area contributed by atoms with E-state index in [4.69, 9.17) is 0 Å². The van der Waals surface area contributed by atoms with Gasteiger partial charge in [0.2, 0.25) is 0 Å². The molecule has 1 amide bonds. The van der Waals surface area contributed by atoms with Crippen LogP contribution in [0.15, 0.2) is 60.8 Å². The standard InChI is InChI=1S/C20H15N3O3/c1-26-20(25)13-6-8-15(9-7-13)22-19(24)16-11-14-5-4-12-3-2-10-21-17(12)18(14)23-16/h2-11,23H,1H3,(H,22,24). The van der Waals surface area contributed by atoms with Crippen molar-refractivity contribution in [1.29, 1.82) is 0 Å². The topological polar surface area (TPSA) is 84.1 Å². The molecule has 0 saturated heterocycles. The van der Waals surface area contributed by atoms with Crippen LogP contribution in [0.25, 0.3) is 21.8 Å². The second-order valence-corrected chi connectivity index (χ2v) is 5.81. The molecule has 0 fully saturated rings. The summed E-state index contributed by atoms with van der Waals surface area (Å²) >= 11 is 0. The second kappa shape index (κ2) is 6.33. The fourth-order valence-corrected chi connectivity index (χ4v) is 2.87. The summed E-state index contributed by atoms with van der Waals surface area (Å²) in [5.41, 5.74) is 3.11. The number of amides is 1. The largest absolute Gasteiger partial charge is 0.465 e. The molecule has 6 nitrogen and oxygen atoms in total. The van der Waals surface area contributed by atoms with E-state index in [2.05, 4.69) is 20.0 Å². The van der Waals surface area contributed by atoms with Crippen molar-refractivity contribution in [3.8, 4) is 0 Å². The van der Waals surface area contributed by atoms with Gasteiger partial charge < -0.3 is 15.0 Å². The third-order valence-electron chi connectivity index (χ3n) is 4.17. The molecular formula is C20H15N3O3. The van der Waals surface area contributed by atoms with Crippen molar-refractivity contribution in [2.45, 2.75) is 0 Å². The zero-order chi connectivity index (χ0) is 18.1. The molecule has 26 heavy (non-hydrogen) atoms. The van der Waals surface area contributed by atoms with Gasteiger partial charge in [-0.3, -0.25) is 9.78 Å². The number of ether oxygens (including phenoxy) is 1. The quantitative estimate of drug-likeness (QED) is 0.554. The van der Waals surface area contributed by atoms with Gasteiger partial charge >= 0.3 is 5.97 Å². The van der Waals surface area contributed by atoms with Gasteiger partial charge in [0.25, 0.3) is 5.91 Å². The predicted octanol–water partition coefficient (Wildman–Crippen LogP) is 3.76. The maximum Gasteiger partial charge on any atom is 0.337 e. The Morgan fingerprint density at radius 3 is 2.58 bits per heavy atom. The van der Waals surface area contributed by atoms with Crippen LogP contribution in [0.5, 0.6) is 0 Å². The first-order valence-corrected chi connectivity index (χ1v) is 8.02. The Balaban J connectivity index is 1.62. The lowest BCUT2D eigenvalue weighted by atomic mass is 10.1. The molecule has 0 aliphatic rings. The van der Waals surface area contributed by atoms with Crippen LogP contribution in [0.1, 0.15) is 20.8 Å². The molecule has 0 bridgehead atoms. The molecule has 128 valence electrons. The lowest BCUT2D eigenvalue weighted by molar-refractivity contribution is 0.0600. The lowest BCUT2D eigenvalue weighted by Crippen LogP contribution is -2.12. The van der Waals surface area contributed by atoms with Crippen molar-refractivity contribution in [2.24, 2.45) is 0 Å². The highest BCUT2D eigenvalue weighted by atomic mass is 16.5. The molecule has 6 heteroatoms. The minimum atomic E-state index is -0.419. The van der Waals surface area contributed by atoms with E-state index in [1.807, 2.05) is 24.3 Å². The number of hydrogen-bond donors (Lipinski definition) is 2. The van der Waals surface area contributed by atoms with Crippen molar-refractivity contribution < 1.29 is 14.3 Å². The van der Waals surface area contributed by atoms with Gasteiger partial charge in [-0.15, -0.1) is 0 Å². The van der Waals surface area contributed by atoms with Crippen LogP contribution in [0.3, 0.4) is 0 Å². The second-order valence-electron chi connectivity index (χ2n) is 5.81. The SMILES string of the molecule is COC(=O)c1ccc(NC(=O)c2cc3ccc4cccnc4c3[nH]2)cc1. The molecular weight excluding hydrogens is 330 g/mol. The molecule has 4 rings (SSSR count). The highest BCUT2D eigenvalue weighted by Crippen LogP contribution is 2.24. The lowest BCUT2D eigenvalue weighted by Gasteiger charge is -2.05. The van der Waals surface area contributed by atoms with Crippen molar-refractivity contribution in [2.75, 3.05) is 12.4 Å². The van der Waals surface area contributed by atoms with E-state index >= 15 is 0 Å². The molecule has 0 aliphatic carbocycles. The number of nitrogens with zero attached hydrogens (tertiary/aromatic N) is 1. The molecule has 2 aromatic carbocycles. The third kappa shape index (κ3) is 2.77. The number of benzene rings is 2. The normalized spacial score (nSPS) is 10.8. The minimum Gasteiger partial charge on any atom is -0.465 e. The summed E-state index contributed by atoms with van der Waals surface area (Å²) in [6.07, 6.45) is 1.73. The summed E-state index contributed by atoms with van der Waals surface area (Å²) in [7, 11) is 1.33. The Morgan fingerprint density at radius 2 is 1.81 bits per heavy atom. The zero-order valence-electron chi connectivity index (χ0n) is 13.9. The van der Waals surface area contributed by atoms with E-state index in [0.29, 0.717) is 16.9 Å². The fourth-order valence-electron chi connectivity index (χ4n) is 2.87. The Morgan fingerprint density at radius 1 is 1.04 bits per heavy atom. The number of methoxy groups -OCH3 is 1. The van der Waals surface area contributed by atoms with Crippen molar-refractivity contribution in [3.63, 3.8) is 0 Å². The molecule has 0 radical (unpaired) electrons. The minimum absolute atomic E-state index is 0.268. The maximum atomic E-state index is 12.5. The van der Waals surface area contributed by atoms with Gasteiger partial charge in [0, 0.05) is 22.7 Å². The van der Waals surface area contributed by atoms with Crippen LogP contribution < -0.4 is 5.32 Å². The Kier molecular flexibility index (Phi) is 3.85. The van der Waals surface area contributed by atoms with Crippen LogP contribution in [0.2, 0.25) is 0 Å². The number of rotatable bonds is 3. The first-order valence-electron chi connectivity index (χ1n) is 8.02. The van der Waals surface area contributed by atoms with Crippen molar-refractivity contribution in [1.82, 2.24) is 9.97 Å². The molecule has 0 saturated carbocycles. The summed E-state index contributed by atoms with van der Waals surface area (Å²) in [5.74, 6) is -0.686. The maximum absolute atomic E-state index is 12.5. The number of aromatic nitrogens is 2. The van der Waals surface area contributed by atoms with Crippen LogP contribution >= 0.6 is 0 Å². The predicted molar refractivity (Wildman–Crippen MR) is 99.3 cm³/mol. The number of pyridine rings is 1. The molecule has 0 aliphatic heterocycles. The molecule has 0 atom stereocenters. The summed E-state index contributed by atoms with van der Waals surface area (Å²) in [6, 6.07) is 16.1. The van der Waals surface area contributed by atoms with E-state index < -0.39 is 5.97 Å². The molecule has 0 unspecified atom stereocenters. The highest BCUT2D eigenvalue weighted by molar-refractivity contribution is 6.10. The smallest absolute Gasteiger partial charge is 0.337 e. The number of esters is 1. The summed E-state index contributed by atoms with van der Waals surface area (Å²) in [5, 5.41) is 4.73. The van der Waals surface area contributed by atoms with Gasteiger partial charge in [-0.25, -0.2) is 4.79 Å². The number of aromatic amines is 1. The van der Waals surface area contributed by atoms with Crippen molar-refractivity contribution in [3.05, 3.63) is 72.1 Å². The number of fused-ring (bicyclic) bond motifs is 3. The average molecular weight is 345 g/mol. The summed E-state index contributed by atoms with van der Waals surface area (Å²) < 4.78 is 4.66. The monoisotopic (exact) mass is 345 g/mol. The van der Waals surface area contributed by atoms with Crippen LogP contribution in [0, 0.1) is 0 Å². The summed E-state index contributed by atoms with van der Waals surface area (Å²) in [6.45, 7) is 0. The molecule has 2 aromatic heterocycles. The van der Waals surface area contributed by atoms with Crippen LogP contribution in [0.4, 0.5) is 5.69 Å². The number of nitrogens with one attached hydrogen (secondary N) is 2. The van der Waals surface area contributed by atoms with E-state index in [1.165, 1.54) is 7.11 Å². The Bertz CT molecular complexity index is 1130. The highest BCUT2D eigenvalue weighted by Gasteiger charge is 2.12. The van der Waals surface area contributed by atoms with E-state index in [1.54, 1.807) is 36.5 Å². The number of carbonyl (C=O) groups excluding carboxylic acids is 2. The number of hydrogen-bond acceptors (Lipinski definition) is 4. The fraction of sp³-hybridized carbons (Fsp3) is 0.0500. The van der Waals surface area contributed by atoms with Gasteiger partial charge in [0.15, 0.2) is 0 Å². The van der Waals surface area contributed by atoms with Crippen molar-refractivity contribution >= 4 is 39.4 Å². The van der Waals surface area contributed by atoms with Gasteiger partial charge in [-0.2, -0.15) is 0 Å². The van der Waals surface area contributed by atoms with E-state index in [-0.39, 0.29) is 5.91 Å². The molecule has 2 heterocycles. The number of H-pyrrole nitrogens is 1.